The zero-order valence-electron chi connectivity index (χ0n) is 19.8. The van der Waals surface area contributed by atoms with Crippen molar-refractivity contribution < 1.29 is 0 Å². The molecule has 1 saturated carbocycles. The van der Waals surface area contributed by atoms with Crippen LogP contribution in [0, 0.1) is 0 Å². The molecular weight excluding hydrogens is 396 g/mol. The van der Waals surface area contributed by atoms with Gasteiger partial charge in [-0.25, -0.2) is 4.98 Å². The summed E-state index contributed by atoms with van der Waals surface area (Å²) in [5.41, 5.74) is 3.26. The highest BCUT2D eigenvalue weighted by Crippen LogP contribution is 2.29. The van der Waals surface area contributed by atoms with Crippen molar-refractivity contribution in [1.29, 1.82) is 0 Å². The minimum absolute atomic E-state index is 0.491. The van der Waals surface area contributed by atoms with Crippen molar-refractivity contribution in [2.45, 2.75) is 83.6 Å². The lowest BCUT2D eigenvalue weighted by atomic mass is 9.95. The Kier molecular flexibility index (Phi) is 8.71. The van der Waals surface area contributed by atoms with E-state index in [-0.39, 0.29) is 0 Å². The highest BCUT2D eigenvalue weighted by Gasteiger charge is 2.18. The van der Waals surface area contributed by atoms with E-state index in [0.717, 1.165) is 42.9 Å². The molecule has 1 aliphatic heterocycles. The van der Waals surface area contributed by atoms with E-state index in [4.69, 9.17) is 9.97 Å². The predicted molar refractivity (Wildman–Crippen MR) is 133 cm³/mol. The maximum absolute atomic E-state index is 4.85. The van der Waals surface area contributed by atoms with Gasteiger partial charge in [0.25, 0.3) is 0 Å². The van der Waals surface area contributed by atoms with Crippen LogP contribution in [0.5, 0.6) is 0 Å². The second kappa shape index (κ2) is 12.1. The lowest BCUT2D eigenvalue weighted by Crippen LogP contribution is -2.23. The summed E-state index contributed by atoms with van der Waals surface area (Å²) in [6.45, 7) is 6.86. The standard InChI is InChI=1S/C26H40N6/c1-2-3-15-27-26-29-20-23(25(31-26)30-22-11-5-4-6-12-22)24-14-13-21(19-28-24)10-9-18-32-16-7-8-17-32/h13-14,19-20,22H,2-12,15-18H2,1H3,(H2,27,29,30,31). The van der Waals surface area contributed by atoms with Crippen molar-refractivity contribution in [3.63, 3.8) is 0 Å². The number of hydrogen-bond donors (Lipinski definition) is 2. The van der Waals surface area contributed by atoms with Gasteiger partial charge in [-0.1, -0.05) is 38.7 Å². The van der Waals surface area contributed by atoms with Crippen LogP contribution in [-0.2, 0) is 6.42 Å². The van der Waals surface area contributed by atoms with Gasteiger partial charge in [0.15, 0.2) is 0 Å². The molecular formula is C26H40N6. The van der Waals surface area contributed by atoms with E-state index in [0.29, 0.717) is 12.0 Å². The van der Waals surface area contributed by atoms with Crippen LogP contribution in [-0.4, -0.2) is 52.1 Å². The fourth-order valence-electron chi connectivity index (χ4n) is 4.83. The second-order valence-corrected chi connectivity index (χ2v) is 9.42. The molecule has 174 valence electrons. The minimum atomic E-state index is 0.491. The SMILES string of the molecule is CCCCNc1ncc(-c2ccc(CCCN3CCCC3)cn2)c(NC2CCCCC2)n1. The van der Waals surface area contributed by atoms with Gasteiger partial charge in [-0.05, 0) is 76.2 Å². The molecule has 1 saturated heterocycles. The topological polar surface area (TPSA) is 66.0 Å². The van der Waals surface area contributed by atoms with Crippen LogP contribution < -0.4 is 10.6 Å². The van der Waals surface area contributed by atoms with Gasteiger partial charge < -0.3 is 15.5 Å². The Morgan fingerprint density at radius 3 is 2.56 bits per heavy atom. The zero-order valence-corrected chi connectivity index (χ0v) is 19.8. The molecule has 6 heteroatoms. The molecule has 3 heterocycles. The lowest BCUT2D eigenvalue weighted by Gasteiger charge is -2.24. The summed E-state index contributed by atoms with van der Waals surface area (Å²) < 4.78 is 0. The first-order chi connectivity index (χ1) is 15.8. The Morgan fingerprint density at radius 1 is 0.969 bits per heavy atom. The minimum Gasteiger partial charge on any atom is -0.367 e. The number of rotatable bonds is 11. The van der Waals surface area contributed by atoms with E-state index in [9.17, 15) is 0 Å². The molecule has 6 nitrogen and oxygen atoms in total. The summed E-state index contributed by atoms with van der Waals surface area (Å²) in [5.74, 6) is 1.62. The van der Waals surface area contributed by atoms with E-state index >= 15 is 0 Å². The fraction of sp³-hybridized carbons (Fsp3) is 0.654. The molecule has 0 amide bonds. The monoisotopic (exact) mass is 436 g/mol. The molecule has 2 aromatic heterocycles. The number of nitrogens with one attached hydrogen (secondary N) is 2. The van der Waals surface area contributed by atoms with Gasteiger partial charge in [0.2, 0.25) is 5.95 Å². The van der Waals surface area contributed by atoms with Crippen LogP contribution in [0.15, 0.2) is 24.5 Å². The predicted octanol–water partition coefficient (Wildman–Crippen LogP) is 5.52. The number of pyridine rings is 1. The zero-order chi connectivity index (χ0) is 22.0. The molecule has 32 heavy (non-hydrogen) atoms. The van der Waals surface area contributed by atoms with Crippen LogP contribution in [0.3, 0.4) is 0 Å². The molecule has 0 aromatic carbocycles. The van der Waals surface area contributed by atoms with Gasteiger partial charge in [0, 0.05) is 25.0 Å². The first-order valence-corrected chi connectivity index (χ1v) is 12.9. The fourth-order valence-corrected chi connectivity index (χ4v) is 4.83. The Hall–Kier alpha value is -2.21. The summed E-state index contributed by atoms with van der Waals surface area (Å²) >= 11 is 0. The number of nitrogens with zero attached hydrogens (tertiary/aromatic N) is 4. The Morgan fingerprint density at radius 2 is 1.81 bits per heavy atom. The number of anilines is 2. The highest BCUT2D eigenvalue weighted by atomic mass is 15.1. The summed E-state index contributed by atoms with van der Waals surface area (Å²) in [6, 6.07) is 4.86. The van der Waals surface area contributed by atoms with Gasteiger partial charge in [-0.3, -0.25) is 4.98 Å². The smallest absolute Gasteiger partial charge is 0.224 e. The first-order valence-electron chi connectivity index (χ1n) is 12.9. The van der Waals surface area contributed by atoms with E-state index in [1.54, 1.807) is 0 Å². The van der Waals surface area contributed by atoms with Crippen molar-refractivity contribution in [1.82, 2.24) is 19.9 Å². The third-order valence-electron chi connectivity index (χ3n) is 6.79. The number of likely N-dealkylation sites (tertiary alicyclic amines) is 1. The second-order valence-electron chi connectivity index (χ2n) is 9.42. The van der Waals surface area contributed by atoms with Gasteiger partial charge in [-0.15, -0.1) is 0 Å². The molecule has 1 aliphatic carbocycles. The summed E-state index contributed by atoms with van der Waals surface area (Å²) in [6.07, 6.45) is 17.6. The molecule has 0 atom stereocenters. The van der Waals surface area contributed by atoms with Crippen molar-refractivity contribution in [2.75, 3.05) is 36.8 Å². The van der Waals surface area contributed by atoms with Crippen LogP contribution in [0.2, 0.25) is 0 Å². The summed E-state index contributed by atoms with van der Waals surface area (Å²) in [4.78, 5) is 16.8. The van der Waals surface area contributed by atoms with Gasteiger partial charge >= 0.3 is 0 Å². The Balaban J connectivity index is 1.43. The molecule has 0 bridgehead atoms. The number of hydrogen-bond acceptors (Lipinski definition) is 6. The summed E-state index contributed by atoms with van der Waals surface area (Å²) in [7, 11) is 0. The van der Waals surface area contributed by atoms with Crippen LogP contribution >= 0.6 is 0 Å². The molecule has 2 aromatic rings. The normalized spacial score (nSPS) is 17.5. The summed E-state index contributed by atoms with van der Waals surface area (Å²) in [5, 5.41) is 7.09. The molecule has 0 spiro atoms. The number of aromatic nitrogens is 3. The average molecular weight is 437 g/mol. The number of unbranched alkanes of at least 4 members (excludes halogenated alkanes) is 1. The molecule has 0 unspecified atom stereocenters. The molecule has 2 N–H and O–H groups in total. The van der Waals surface area contributed by atoms with Crippen molar-refractivity contribution in [3.05, 3.63) is 30.1 Å². The van der Waals surface area contributed by atoms with E-state index < -0.39 is 0 Å². The van der Waals surface area contributed by atoms with Gasteiger partial charge in [0.1, 0.15) is 5.82 Å². The van der Waals surface area contributed by atoms with Crippen molar-refractivity contribution in [3.8, 4) is 11.3 Å². The average Bonchev–Trinajstić information content (AvgIpc) is 3.34. The molecule has 2 fully saturated rings. The maximum Gasteiger partial charge on any atom is 0.224 e. The molecule has 0 radical (unpaired) electrons. The lowest BCUT2D eigenvalue weighted by molar-refractivity contribution is 0.334. The Bertz CT molecular complexity index is 810. The highest BCUT2D eigenvalue weighted by molar-refractivity contribution is 5.72. The quantitative estimate of drug-likeness (QED) is 0.452. The third-order valence-corrected chi connectivity index (χ3v) is 6.79. The van der Waals surface area contributed by atoms with Crippen molar-refractivity contribution in [2.24, 2.45) is 0 Å². The van der Waals surface area contributed by atoms with Gasteiger partial charge in [-0.2, -0.15) is 4.98 Å². The third kappa shape index (κ3) is 6.64. The van der Waals surface area contributed by atoms with Crippen LogP contribution in [0.1, 0.15) is 76.7 Å². The first kappa shape index (κ1) is 23.0. The molecule has 2 aliphatic rings. The van der Waals surface area contributed by atoms with Gasteiger partial charge in [0.05, 0.1) is 11.3 Å². The van der Waals surface area contributed by atoms with Crippen LogP contribution in [0.25, 0.3) is 11.3 Å². The van der Waals surface area contributed by atoms with E-state index in [2.05, 4.69) is 39.6 Å². The number of aryl methyl sites for hydroxylation is 1. The van der Waals surface area contributed by atoms with E-state index in [1.165, 1.54) is 76.6 Å². The largest absolute Gasteiger partial charge is 0.367 e. The Labute approximate surface area is 193 Å². The molecule has 4 rings (SSSR count). The maximum atomic E-state index is 4.85. The van der Waals surface area contributed by atoms with Crippen LogP contribution in [0.4, 0.5) is 11.8 Å². The van der Waals surface area contributed by atoms with E-state index in [1.807, 2.05) is 12.4 Å². The van der Waals surface area contributed by atoms with Crippen molar-refractivity contribution >= 4 is 11.8 Å².